The Kier molecular flexibility index (Phi) is 4.65. The van der Waals surface area contributed by atoms with Crippen molar-refractivity contribution < 1.29 is 14.7 Å². The topological polar surface area (TPSA) is 69.6 Å². The van der Waals surface area contributed by atoms with Crippen molar-refractivity contribution in [2.24, 2.45) is 5.92 Å². The van der Waals surface area contributed by atoms with Crippen molar-refractivity contribution in [1.82, 2.24) is 10.2 Å². The predicted molar refractivity (Wildman–Crippen MR) is 77.8 cm³/mol. The standard InChI is InChI=1S/C14H20N2O3S/c1-9-5-6-16(10(2)8-9)14(19)15-12(13(17)18)11-4-3-7-20-11/h3-4,7,9-10,12H,5-6,8H2,1-2H3,(H,15,19)(H,17,18). The number of piperidine rings is 1. The van der Waals surface area contributed by atoms with Gasteiger partial charge in [0.05, 0.1) is 0 Å². The molecule has 3 unspecified atom stereocenters. The summed E-state index contributed by atoms with van der Waals surface area (Å²) in [5, 5.41) is 13.7. The minimum atomic E-state index is -1.03. The van der Waals surface area contributed by atoms with E-state index in [0.29, 0.717) is 17.3 Å². The fraction of sp³-hybridized carbons (Fsp3) is 0.571. The SMILES string of the molecule is CC1CCN(C(=O)NC(C(=O)O)c2cccs2)C(C)C1. The van der Waals surface area contributed by atoms with E-state index in [1.54, 1.807) is 17.0 Å². The molecule has 2 rings (SSSR count). The number of thiophene rings is 1. The number of carboxylic acid groups (broad SMARTS) is 1. The molecule has 0 spiro atoms. The van der Waals surface area contributed by atoms with Gasteiger partial charge in [0, 0.05) is 17.5 Å². The first-order valence-corrected chi connectivity index (χ1v) is 7.70. The van der Waals surface area contributed by atoms with Crippen LogP contribution in [0.1, 0.15) is 37.6 Å². The van der Waals surface area contributed by atoms with Gasteiger partial charge in [0.2, 0.25) is 0 Å². The second-order valence-corrected chi connectivity index (χ2v) is 6.39. The van der Waals surface area contributed by atoms with Gasteiger partial charge in [-0.2, -0.15) is 0 Å². The normalized spacial score (nSPS) is 24.2. The van der Waals surface area contributed by atoms with Crippen LogP contribution < -0.4 is 5.32 Å². The summed E-state index contributed by atoms with van der Waals surface area (Å²) in [7, 11) is 0. The van der Waals surface area contributed by atoms with E-state index >= 15 is 0 Å². The minimum absolute atomic E-state index is 0.150. The van der Waals surface area contributed by atoms with Crippen molar-refractivity contribution in [2.45, 2.75) is 38.8 Å². The molecule has 0 radical (unpaired) electrons. The smallest absolute Gasteiger partial charge is 0.331 e. The molecule has 2 amide bonds. The lowest BCUT2D eigenvalue weighted by Crippen LogP contribution is -2.50. The number of nitrogens with one attached hydrogen (secondary N) is 1. The maximum Gasteiger partial charge on any atom is 0.331 e. The van der Waals surface area contributed by atoms with Crippen LogP contribution in [0.2, 0.25) is 0 Å². The first-order valence-electron chi connectivity index (χ1n) is 6.82. The van der Waals surface area contributed by atoms with Gasteiger partial charge >= 0.3 is 12.0 Å². The van der Waals surface area contributed by atoms with Crippen LogP contribution in [0.5, 0.6) is 0 Å². The molecular formula is C14H20N2O3S. The van der Waals surface area contributed by atoms with Gasteiger partial charge in [0.15, 0.2) is 6.04 Å². The second kappa shape index (κ2) is 6.26. The van der Waals surface area contributed by atoms with Crippen molar-refractivity contribution in [2.75, 3.05) is 6.54 Å². The van der Waals surface area contributed by atoms with Crippen LogP contribution in [0.25, 0.3) is 0 Å². The summed E-state index contributed by atoms with van der Waals surface area (Å²) in [5.74, 6) is -0.416. The van der Waals surface area contributed by atoms with Crippen molar-refractivity contribution in [3.05, 3.63) is 22.4 Å². The molecule has 6 heteroatoms. The number of carbonyl (C=O) groups is 2. The highest BCUT2D eigenvalue weighted by atomic mass is 32.1. The fourth-order valence-corrected chi connectivity index (χ4v) is 3.39. The number of carboxylic acids is 1. The Labute approximate surface area is 122 Å². The molecule has 3 atom stereocenters. The van der Waals surface area contributed by atoms with Gasteiger partial charge in [-0.1, -0.05) is 13.0 Å². The van der Waals surface area contributed by atoms with Gasteiger partial charge < -0.3 is 15.3 Å². The highest BCUT2D eigenvalue weighted by molar-refractivity contribution is 7.10. The van der Waals surface area contributed by atoms with Crippen molar-refractivity contribution in [3.63, 3.8) is 0 Å². The van der Waals surface area contributed by atoms with E-state index in [2.05, 4.69) is 12.2 Å². The van der Waals surface area contributed by atoms with Crippen molar-refractivity contribution >= 4 is 23.3 Å². The monoisotopic (exact) mass is 296 g/mol. The number of nitrogens with zero attached hydrogens (tertiary/aromatic N) is 1. The first kappa shape index (κ1) is 14.8. The van der Waals surface area contributed by atoms with E-state index in [-0.39, 0.29) is 12.1 Å². The number of hydrogen-bond donors (Lipinski definition) is 2. The zero-order chi connectivity index (χ0) is 14.7. The average Bonchev–Trinajstić information content (AvgIpc) is 2.88. The molecule has 20 heavy (non-hydrogen) atoms. The van der Waals surface area contributed by atoms with Crippen LogP contribution >= 0.6 is 11.3 Å². The highest BCUT2D eigenvalue weighted by Gasteiger charge is 2.30. The summed E-state index contributed by atoms with van der Waals surface area (Å²) in [5.41, 5.74) is 0. The third-order valence-corrected chi connectivity index (χ3v) is 4.68. The average molecular weight is 296 g/mol. The van der Waals surface area contributed by atoms with E-state index in [4.69, 9.17) is 0 Å². The molecule has 1 aromatic heterocycles. The van der Waals surface area contributed by atoms with E-state index in [1.165, 1.54) is 11.3 Å². The Bertz CT molecular complexity index is 475. The van der Waals surface area contributed by atoms with Crippen LogP contribution in [0, 0.1) is 5.92 Å². The number of urea groups is 1. The molecule has 2 N–H and O–H groups in total. The van der Waals surface area contributed by atoms with E-state index in [1.807, 2.05) is 12.3 Å². The number of rotatable bonds is 3. The number of hydrogen-bond acceptors (Lipinski definition) is 3. The quantitative estimate of drug-likeness (QED) is 0.901. The maximum atomic E-state index is 12.3. The molecule has 1 aliphatic heterocycles. The highest BCUT2D eigenvalue weighted by Crippen LogP contribution is 2.24. The predicted octanol–water partition coefficient (Wildman–Crippen LogP) is 2.70. The lowest BCUT2D eigenvalue weighted by Gasteiger charge is -2.37. The van der Waals surface area contributed by atoms with Gasteiger partial charge in [-0.3, -0.25) is 0 Å². The maximum absolute atomic E-state index is 12.3. The molecule has 110 valence electrons. The Morgan fingerprint density at radius 1 is 1.50 bits per heavy atom. The van der Waals surface area contributed by atoms with Gasteiger partial charge in [0.1, 0.15) is 0 Å². The Morgan fingerprint density at radius 2 is 2.25 bits per heavy atom. The summed E-state index contributed by atoms with van der Waals surface area (Å²) in [6.45, 7) is 4.87. The summed E-state index contributed by atoms with van der Waals surface area (Å²) >= 11 is 1.34. The molecule has 0 aromatic carbocycles. The Hall–Kier alpha value is -1.56. The molecule has 0 bridgehead atoms. The van der Waals surface area contributed by atoms with Crippen LogP contribution in [0.4, 0.5) is 4.79 Å². The fourth-order valence-electron chi connectivity index (χ4n) is 2.63. The number of amides is 2. The molecule has 0 saturated carbocycles. The molecule has 1 saturated heterocycles. The molecule has 1 fully saturated rings. The summed E-state index contributed by atoms with van der Waals surface area (Å²) in [6, 6.07) is 2.41. The number of aliphatic carboxylic acids is 1. The van der Waals surface area contributed by atoms with Crippen LogP contribution in [-0.4, -0.2) is 34.6 Å². The van der Waals surface area contributed by atoms with Crippen molar-refractivity contribution in [3.8, 4) is 0 Å². The Morgan fingerprint density at radius 3 is 2.80 bits per heavy atom. The van der Waals surface area contributed by atoms with Gasteiger partial charge in [0.25, 0.3) is 0 Å². The molecule has 5 nitrogen and oxygen atoms in total. The molecular weight excluding hydrogens is 276 g/mol. The lowest BCUT2D eigenvalue weighted by atomic mass is 9.94. The summed E-state index contributed by atoms with van der Waals surface area (Å²) < 4.78 is 0. The first-order chi connectivity index (χ1) is 9.49. The molecule has 2 heterocycles. The van der Waals surface area contributed by atoms with Crippen LogP contribution in [0.3, 0.4) is 0 Å². The molecule has 0 aliphatic carbocycles. The second-order valence-electron chi connectivity index (χ2n) is 5.41. The van der Waals surface area contributed by atoms with Crippen LogP contribution in [-0.2, 0) is 4.79 Å². The molecule has 1 aromatic rings. The number of carbonyl (C=O) groups excluding carboxylic acids is 1. The van der Waals surface area contributed by atoms with Gasteiger partial charge in [-0.15, -0.1) is 11.3 Å². The lowest BCUT2D eigenvalue weighted by molar-refractivity contribution is -0.139. The van der Waals surface area contributed by atoms with E-state index in [9.17, 15) is 14.7 Å². The largest absolute Gasteiger partial charge is 0.479 e. The number of likely N-dealkylation sites (tertiary alicyclic amines) is 1. The van der Waals surface area contributed by atoms with E-state index < -0.39 is 12.0 Å². The summed E-state index contributed by atoms with van der Waals surface area (Å²) in [6.07, 6.45) is 1.93. The van der Waals surface area contributed by atoms with Gasteiger partial charge in [-0.05, 0) is 37.1 Å². The van der Waals surface area contributed by atoms with Crippen molar-refractivity contribution in [1.29, 1.82) is 0 Å². The van der Waals surface area contributed by atoms with Crippen LogP contribution in [0.15, 0.2) is 17.5 Å². The van der Waals surface area contributed by atoms with E-state index in [0.717, 1.165) is 12.8 Å². The zero-order valence-electron chi connectivity index (χ0n) is 11.7. The Balaban J connectivity index is 2.04. The summed E-state index contributed by atoms with van der Waals surface area (Å²) in [4.78, 5) is 26.0. The third kappa shape index (κ3) is 3.30. The zero-order valence-corrected chi connectivity index (χ0v) is 12.5. The minimum Gasteiger partial charge on any atom is -0.479 e. The molecule has 1 aliphatic rings. The van der Waals surface area contributed by atoms with Gasteiger partial charge in [-0.25, -0.2) is 9.59 Å². The third-order valence-electron chi connectivity index (χ3n) is 3.74.